The molecule has 5 nitrogen and oxygen atoms in total. The van der Waals surface area contributed by atoms with Crippen molar-refractivity contribution in [2.24, 2.45) is 5.92 Å². The first-order valence-corrected chi connectivity index (χ1v) is 6.96. The SMILES string of the molecule is O=C(CN1CCC2(O)CCCCC2C1)NCCO. The molecule has 5 heteroatoms. The van der Waals surface area contributed by atoms with Crippen LogP contribution in [0.4, 0.5) is 0 Å². The highest BCUT2D eigenvalue weighted by molar-refractivity contribution is 5.78. The van der Waals surface area contributed by atoms with Crippen molar-refractivity contribution >= 4 is 5.91 Å². The summed E-state index contributed by atoms with van der Waals surface area (Å²) in [7, 11) is 0. The number of carbonyl (C=O) groups excluding carboxylic acids is 1. The highest BCUT2D eigenvalue weighted by Crippen LogP contribution is 2.39. The Labute approximate surface area is 108 Å². The second kappa shape index (κ2) is 5.99. The van der Waals surface area contributed by atoms with E-state index in [-0.39, 0.29) is 12.5 Å². The molecule has 1 saturated carbocycles. The summed E-state index contributed by atoms with van der Waals surface area (Å²) in [6, 6.07) is 0. The molecule has 2 unspecified atom stereocenters. The highest BCUT2D eigenvalue weighted by Gasteiger charge is 2.42. The van der Waals surface area contributed by atoms with Crippen LogP contribution in [0.25, 0.3) is 0 Å². The Morgan fingerprint density at radius 2 is 2.22 bits per heavy atom. The minimum atomic E-state index is -0.476. The zero-order valence-electron chi connectivity index (χ0n) is 10.9. The largest absolute Gasteiger partial charge is 0.395 e. The summed E-state index contributed by atoms with van der Waals surface area (Å²) in [5.74, 6) is 0.288. The Kier molecular flexibility index (Phi) is 4.59. The second-order valence-electron chi connectivity index (χ2n) is 5.60. The van der Waals surface area contributed by atoms with Gasteiger partial charge in [0, 0.05) is 25.6 Å². The van der Waals surface area contributed by atoms with E-state index in [1.165, 1.54) is 6.42 Å². The van der Waals surface area contributed by atoms with Gasteiger partial charge in [0.15, 0.2) is 0 Å². The zero-order chi connectivity index (χ0) is 13.0. The van der Waals surface area contributed by atoms with Gasteiger partial charge in [0.05, 0.1) is 18.8 Å². The molecule has 0 spiro atoms. The number of nitrogens with zero attached hydrogens (tertiary/aromatic N) is 1. The Bertz CT molecular complexity index is 298. The number of carbonyl (C=O) groups is 1. The van der Waals surface area contributed by atoms with Gasteiger partial charge in [-0.15, -0.1) is 0 Å². The van der Waals surface area contributed by atoms with Gasteiger partial charge in [-0.1, -0.05) is 12.8 Å². The van der Waals surface area contributed by atoms with Crippen molar-refractivity contribution in [3.63, 3.8) is 0 Å². The van der Waals surface area contributed by atoms with Crippen LogP contribution in [0.3, 0.4) is 0 Å². The van der Waals surface area contributed by atoms with E-state index in [1.54, 1.807) is 0 Å². The van der Waals surface area contributed by atoms with E-state index in [0.29, 0.717) is 19.0 Å². The number of hydrogen-bond donors (Lipinski definition) is 3. The molecule has 1 amide bonds. The van der Waals surface area contributed by atoms with Gasteiger partial charge in [-0.05, 0) is 19.3 Å². The number of hydrogen-bond acceptors (Lipinski definition) is 4. The minimum absolute atomic E-state index is 0.0197. The summed E-state index contributed by atoms with van der Waals surface area (Å²) in [4.78, 5) is 13.7. The van der Waals surface area contributed by atoms with Crippen LogP contribution in [-0.2, 0) is 4.79 Å². The van der Waals surface area contributed by atoms with Crippen molar-refractivity contribution in [3.05, 3.63) is 0 Å². The number of aliphatic hydroxyl groups excluding tert-OH is 1. The van der Waals surface area contributed by atoms with E-state index in [4.69, 9.17) is 5.11 Å². The molecule has 0 bridgehead atoms. The second-order valence-corrected chi connectivity index (χ2v) is 5.60. The summed E-state index contributed by atoms with van der Waals surface area (Å²) < 4.78 is 0. The maximum Gasteiger partial charge on any atom is 0.234 e. The van der Waals surface area contributed by atoms with Gasteiger partial charge in [-0.25, -0.2) is 0 Å². The molecule has 0 radical (unpaired) electrons. The molecule has 18 heavy (non-hydrogen) atoms. The number of likely N-dealkylation sites (tertiary alicyclic amines) is 1. The average molecular weight is 256 g/mol. The average Bonchev–Trinajstić information content (AvgIpc) is 2.36. The number of fused-ring (bicyclic) bond motifs is 1. The predicted octanol–water partition coefficient (Wildman–Crippen LogP) is -0.278. The third kappa shape index (κ3) is 3.22. The molecule has 2 rings (SSSR count). The van der Waals surface area contributed by atoms with Crippen LogP contribution >= 0.6 is 0 Å². The fraction of sp³-hybridized carbons (Fsp3) is 0.923. The first-order valence-electron chi connectivity index (χ1n) is 6.96. The van der Waals surface area contributed by atoms with Gasteiger partial charge < -0.3 is 15.5 Å². The third-order valence-corrected chi connectivity index (χ3v) is 4.31. The van der Waals surface area contributed by atoms with Gasteiger partial charge in [-0.2, -0.15) is 0 Å². The van der Waals surface area contributed by atoms with Crippen molar-refractivity contribution in [1.29, 1.82) is 0 Å². The standard InChI is InChI=1S/C13H24N2O3/c16-8-6-14-12(17)10-15-7-5-13(18)4-2-1-3-11(13)9-15/h11,16,18H,1-10H2,(H,14,17). The summed E-state index contributed by atoms with van der Waals surface area (Å²) in [5.41, 5.74) is -0.476. The molecular formula is C13H24N2O3. The number of rotatable bonds is 4. The smallest absolute Gasteiger partial charge is 0.234 e. The van der Waals surface area contributed by atoms with E-state index in [1.807, 2.05) is 0 Å². The summed E-state index contributed by atoms with van der Waals surface area (Å²) in [5, 5.41) is 21.8. The molecule has 2 aliphatic rings. The van der Waals surface area contributed by atoms with Crippen LogP contribution in [0.5, 0.6) is 0 Å². The van der Waals surface area contributed by atoms with Crippen molar-refractivity contribution < 1.29 is 15.0 Å². The lowest BCUT2D eigenvalue weighted by Crippen LogP contribution is -2.54. The van der Waals surface area contributed by atoms with E-state index in [2.05, 4.69) is 10.2 Å². The summed E-state index contributed by atoms with van der Waals surface area (Å²) in [6.07, 6.45) is 5.10. The zero-order valence-corrected chi connectivity index (χ0v) is 10.9. The molecule has 0 aromatic rings. The molecular weight excluding hydrogens is 232 g/mol. The lowest BCUT2D eigenvalue weighted by molar-refractivity contribution is -0.127. The Morgan fingerprint density at radius 1 is 1.39 bits per heavy atom. The van der Waals surface area contributed by atoms with Crippen molar-refractivity contribution in [2.45, 2.75) is 37.7 Å². The van der Waals surface area contributed by atoms with Crippen molar-refractivity contribution in [2.75, 3.05) is 32.8 Å². The van der Waals surface area contributed by atoms with E-state index < -0.39 is 5.60 Å². The molecule has 0 aromatic carbocycles. The number of piperidine rings is 1. The lowest BCUT2D eigenvalue weighted by atomic mass is 9.71. The van der Waals surface area contributed by atoms with Gasteiger partial charge in [0.25, 0.3) is 0 Å². The van der Waals surface area contributed by atoms with Crippen molar-refractivity contribution in [3.8, 4) is 0 Å². The number of amides is 1. The molecule has 1 aliphatic heterocycles. The summed E-state index contributed by atoms with van der Waals surface area (Å²) in [6.45, 7) is 2.29. The molecule has 2 atom stereocenters. The highest BCUT2D eigenvalue weighted by atomic mass is 16.3. The first-order chi connectivity index (χ1) is 8.64. The van der Waals surface area contributed by atoms with Crippen LogP contribution in [0.15, 0.2) is 0 Å². The van der Waals surface area contributed by atoms with Crippen LogP contribution in [0.2, 0.25) is 0 Å². The molecule has 1 aliphatic carbocycles. The quantitative estimate of drug-likeness (QED) is 0.647. The van der Waals surface area contributed by atoms with Crippen LogP contribution < -0.4 is 5.32 Å². The van der Waals surface area contributed by atoms with Crippen LogP contribution in [0.1, 0.15) is 32.1 Å². The molecule has 2 fully saturated rings. The molecule has 1 heterocycles. The minimum Gasteiger partial charge on any atom is -0.395 e. The van der Waals surface area contributed by atoms with Gasteiger partial charge in [0.2, 0.25) is 5.91 Å². The monoisotopic (exact) mass is 256 g/mol. The van der Waals surface area contributed by atoms with E-state index in [9.17, 15) is 9.90 Å². The predicted molar refractivity (Wildman–Crippen MR) is 68.1 cm³/mol. The van der Waals surface area contributed by atoms with E-state index >= 15 is 0 Å². The molecule has 1 saturated heterocycles. The maximum absolute atomic E-state index is 11.6. The van der Waals surface area contributed by atoms with Gasteiger partial charge >= 0.3 is 0 Å². The van der Waals surface area contributed by atoms with Gasteiger partial charge in [0.1, 0.15) is 0 Å². The third-order valence-electron chi connectivity index (χ3n) is 4.31. The maximum atomic E-state index is 11.6. The topological polar surface area (TPSA) is 72.8 Å². The molecule has 3 N–H and O–H groups in total. The number of nitrogens with one attached hydrogen (secondary N) is 1. The Morgan fingerprint density at radius 3 is 3.00 bits per heavy atom. The summed E-state index contributed by atoms with van der Waals surface area (Å²) >= 11 is 0. The Balaban J connectivity index is 1.81. The lowest BCUT2D eigenvalue weighted by Gasteiger charge is -2.47. The normalized spacial score (nSPS) is 32.9. The fourth-order valence-corrected chi connectivity index (χ4v) is 3.24. The fourth-order valence-electron chi connectivity index (χ4n) is 3.24. The van der Waals surface area contributed by atoms with E-state index in [0.717, 1.165) is 38.8 Å². The Hall–Kier alpha value is -0.650. The van der Waals surface area contributed by atoms with Crippen LogP contribution in [-0.4, -0.2) is 59.4 Å². The molecule has 0 aromatic heterocycles. The molecule has 104 valence electrons. The number of aliphatic hydroxyl groups is 2. The van der Waals surface area contributed by atoms with Gasteiger partial charge in [-0.3, -0.25) is 9.69 Å². The first kappa shape index (κ1) is 13.8. The van der Waals surface area contributed by atoms with Crippen molar-refractivity contribution in [1.82, 2.24) is 10.2 Å². The van der Waals surface area contributed by atoms with Crippen LogP contribution in [0, 0.1) is 5.92 Å².